The summed E-state index contributed by atoms with van der Waals surface area (Å²) in [5.74, 6) is 0. The van der Waals surface area contributed by atoms with Crippen LogP contribution in [-0.4, -0.2) is 0 Å². The van der Waals surface area contributed by atoms with E-state index in [1.165, 1.54) is 36.0 Å². The van der Waals surface area contributed by atoms with Gasteiger partial charge in [0, 0.05) is 0 Å². The molecular formula is C21H26. The lowest BCUT2D eigenvalue weighted by molar-refractivity contribution is 0.776. The van der Waals surface area contributed by atoms with Gasteiger partial charge >= 0.3 is 0 Å². The molecule has 0 aliphatic heterocycles. The highest BCUT2D eigenvalue weighted by molar-refractivity contribution is 5.37. The van der Waals surface area contributed by atoms with Crippen LogP contribution in [0.25, 0.3) is 0 Å². The van der Waals surface area contributed by atoms with Gasteiger partial charge in [0.25, 0.3) is 0 Å². The summed E-state index contributed by atoms with van der Waals surface area (Å²) >= 11 is 0. The Morgan fingerprint density at radius 1 is 0.857 bits per heavy atom. The van der Waals surface area contributed by atoms with Crippen molar-refractivity contribution in [3.63, 3.8) is 0 Å². The predicted octanol–water partition coefficient (Wildman–Crippen LogP) is 5.54. The van der Waals surface area contributed by atoms with Crippen LogP contribution in [0.2, 0.25) is 0 Å². The molecule has 0 aromatic heterocycles. The largest absolute Gasteiger partial charge is 0.103 e. The van der Waals surface area contributed by atoms with E-state index in [9.17, 15) is 0 Å². The number of allylic oxidation sites excluding steroid dienone is 1. The standard InChI is InChI=1S/C21H26/c1-3-5-15-21-19(10-4-2)13-9-14-20(21)17-16-18-11-7-6-8-12-18/h4,6-9,11-14H,2-3,5,10,15-17H2,1H3. The summed E-state index contributed by atoms with van der Waals surface area (Å²) in [5, 5.41) is 0. The third kappa shape index (κ3) is 4.60. The Morgan fingerprint density at radius 3 is 2.33 bits per heavy atom. The molecule has 0 aliphatic rings. The highest BCUT2D eigenvalue weighted by Crippen LogP contribution is 2.20. The van der Waals surface area contributed by atoms with Crippen LogP contribution < -0.4 is 0 Å². The smallest absolute Gasteiger partial charge is 0.00973 e. The molecule has 0 heterocycles. The fraction of sp³-hybridized carbons (Fsp3) is 0.333. The van der Waals surface area contributed by atoms with E-state index in [1.807, 2.05) is 6.08 Å². The van der Waals surface area contributed by atoms with Gasteiger partial charge in [-0.05, 0) is 54.4 Å². The van der Waals surface area contributed by atoms with Crippen molar-refractivity contribution in [3.8, 4) is 0 Å². The molecule has 21 heavy (non-hydrogen) atoms. The number of hydrogen-bond donors (Lipinski definition) is 0. The van der Waals surface area contributed by atoms with Gasteiger partial charge < -0.3 is 0 Å². The van der Waals surface area contributed by atoms with E-state index in [0.717, 1.165) is 19.3 Å². The van der Waals surface area contributed by atoms with Crippen molar-refractivity contribution in [1.29, 1.82) is 0 Å². The Bertz CT molecular complexity index is 552. The molecule has 0 N–H and O–H groups in total. The molecule has 0 bridgehead atoms. The first kappa shape index (κ1) is 15.6. The van der Waals surface area contributed by atoms with Crippen molar-refractivity contribution in [1.82, 2.24) is 0 Å². The Kier molecular flexibility index (Phi) is 6.27. The van der Waals surface area contributed by atoms with E-state index in [4.69, 9.17) is 0 Å². The van der Waals surface area contributed by atoms with Gasteiger partial charge in [-0.25, -0.2) is 0 Å². The molecule has 0 radical (unpaired) electrons. The molecule has 0 saturated carbocycles. The monoisotopic (exact) mass is 278 g/mol. The van der Waals surface area contributed by atoms with E-state index < -0.39 is 0 Å². The predicted molar refractivity (Wildman–Crippen MR) is 92.8 cm³/mol. The zero-order valence-electron chi connectivity index (χ0n) is 13.1. The summed E-state index contributed by atoms with van der Waals surface area (Å²) in [6.07, 6.45) is 8.98. The zero-order chi connectivity index (χ0) is 14.9. The zero-order valence-corrected chi connectivity index (χ0v) is 13.1. The van der Waals surface area contributed by atoms with Crippen LogP contribution in [0.15, 0.2) is 61.2 Å². The molecule has 0 amide bonds. The first-order chi connectivity index (χ1) is 10.3. The van der Waals surface area contributed by atoms with Crippen molar-refractivity contribution >= 4 is 0 Å². The third-order valence-electron chi connectivity index (χ3n) is 4.04. The van der Waals surface area contributed by atoms with E-state index in [0.29, 0.717) is 0 Å². The van der Waals surface area contributed by atoms with Crippen LogP contribution in [0, 0.1) is 0 Å². The van der Waals surface area contributed by atoms with Crippen LogP contribution in [0.5, 0.6) is 0 Å². The van der Waals surface area contributed by atoms with E-state index >= 15 is 0 Å². The Morgan fingerprint density at radius 2 is 1.62 bits per heavy atom. The van der Waals surface area contributed by atoms with Crippen LogP contribution in [0.3, 0.4) is 0 Å². The second-order valence-electron chi connectivity index (χ2n) is 5.64. The van der Waals surface area contributed by atoms with Gasteiger partial charge in [0.1, 0.15) is 0 Å². The van der Waals surface area contributed by atoms with Crippen molar-refractivity contribution < 1.29 is 0 Å². The molecular weight excluding hydrogens is 252 g/mol. The fourth-order valence-electron chi connectivity index (χ4n) is 2.87. The summed E-state index contributed by atoms with van der Waals surface area (Å²) in [5.41, 5.74) is 5.97. The highest BCUT2D eigenvalue weighted by Gasteiger charge is 2.07. The summed E-state index contributed by atoms with van der Waals surface area (Å²) in [4.78, 5) is 0. The van der Waals surface area contributed by atoms with Gasteiger partial charge in [0.2, 0.25) is 0 Å². The third-order valence-corrected chi connectivity index (χ3v) is 4.04. The molecule has 0 spiro atoms. The molecule has 110 valence electrons. The number of rotatable bonds is 8. The molecule has 0 saturated heterocycles. The summed E-state index contributed by atoms with van der Waals surface area (Å²) in [6.45, 7) is 6.16. The first-order valence-electron chi connectivity index (χ1n) is 8.09. The minimum absolute atomic E-state index is 0.984. The van der Waals surface area contributed by atoms with Gasteiger partial charge in [-0.1, -0.05) is 68.0 Å². The molecule has 0 heteroatoms. The first-order valence-corrected chi connectivity index (χ1v) is 8.09. The molecule has 0 atom stereocenters. The number of benzene rings is 2. The Balaban J connectivity index is 2.16. The average molecular weight is 278 g/mol. The summed E-state index contributed by atoms with van der Waals surface area (Å²) in [7, 11) is 0. The van der Waals surface area contributed by atoms with Gasteiger partial charge in [-0.2, -0.15) is 0 Å². The number of hydrogen-bond acceptors (Lipinski definition) is 0. The minimum atomic E-state index is 0.984. The average Bonchev–Trinajstić information content (AvgIpc) is 2.53. The highest BCUT2D eigenvalue weighted by atomic mass is 14.1. The summed E-state index contributed by atoms with van der Waals surface area (Å²) < 4.78 is 0. The van der Waals surface area contributed by atoms with E-state index in [1.54, 1.807) is 5.56 Å². The molecule has 0 aliphatic carbocycles. The van der Waals surface area contributed by atoms with Crippen LogP contribution >= 0.6 is 0 Å². The van der Waals surface area contributed by atoms with Crippen LogP contribution in [-0.2, 0) is 25.7 Å². The van der Waals surface area contributed by atoms with Gasteiger partial charge in [0.15, 0.2) is 0 Å². The normalized spacial score (nSPS) is 10.5. The van der Waals surface area contributed by atoms with Crippen molar-refractivity contribution in [3.05, 3.63) is 83.4 Å². The minimum Gasteiger partial charge on any atom is -0.103 e. The Labute approximate surface area is 129 Å². The maximum atomic E-state index is 3.90. The Hall–Kier alpha value is -1.82. The lowest BCUT2D eigenvalue weighted by Crippen LogP contribution is -2.02. The molecule has 2 aromatic rings. The van der Waals surface area contributed by atoms with Crippen molar-refractivity contribution in [2.45, 2.75) is 45.4 Å². The fourth-order valence-corrected chi connectivity index (χ4v) is 2.87. The molecule has 0 unspecified atom stereocenters. The maximum Gasteiger partial charge on any atom is -0.00973 e. The molecule has 2 rings (SSSR count). The molecule has 2 aromatic carbocycles. The van der Waals surface area contributed by atoms with Crippen LogP contribution in [0.4, 0.5) is 0 Å². The lowest BCUT2D eigenvalue weighted by Gasteiger charge is -2.14. The topological polar surface area (TPSA) is 0 Å². The lowest BCUT2D eigenvalue weighted by atomic mass is 9.91. The van der Waals surface area contributed by atoms with E-state index in [-0.39, 0.29) is 0 Å². The van der Waals surface area contributed by atoms with Crippen molar-refractivity contribution in [2.75, 3.05) is 0 Å². The van der Waals surface area contributed by atoms with Crippen molar-refractivity contribution in [2.24, 2.45) is 0 Å². The molecule has 0 fully saturated rings. The van der Waals surface area contributed by atoms with Gasteiger partial charge in [-0.15, -0.1) is 6.58 Å². The SMILES string of the molecule is C=CCc1cccc(CCc2ccccc2)c1CCCC. The second-order valence-corrected chi connectivity index (χ2v) is 5.64. The van der Waals surface area contributed by atoms with E-state index in [2.05, 4.69) is 62.0 Å². The maximum absolute atomic E-state index is 3.90. The van der Waals surface area contributed by atoms with Gasteiger partial charge in [0.05, 0.1) is 0 Å². The number of unbranched alkanes of at least 4 members (excludes halogenated alkanes) is 1. The number of aryl methyl sites for hydroxylation is 2. The quantitative estimate of drug-likeness (QED) is 0.556. The molecule has 0 nitrogen and oxygen atoms in total. The second kappa shape index (κ2) is 8.46. The van der Waals surface area contributed by atoms with Gasteiger partial charge in [-0.3, -0.25) is 0 Å². The van der Waals surface area contributed by atoms with Crippen LogP contribution in [0.1, 0.15) is 42.0 Å². The summed E-state index contributed by atoms with van der Waals surface area (Å²) in [6, 6.07) is 17.6.